The lowest BCUT2D eigenvalue weighted by Gasteiger charge is -2.19. The molecule has 0 aromatic carbocycles. The first-order valence-electron chi connectivity index (χ1n) is 6.56. The van der Waals surface area contributed by atoms with Crippen molar-refractivity contribution in [3.8, 4) is 0 Å². The van der Waals surface area contributed by atoms with Gasteiger partial charge in [-0.15, -0.1) is 11.3 Å². The summed E-state index contributed by atoms with van der Waals surface area (Å²) in [7, 11) is 1.31. The molecule has 20 heavy (non-hydrogen) atoms. The van der Waals surface area contributed by atoms with Gasteiger partial charge >= 0.3 is 5.97 Å². The molecule has 6 heteroatoms. The smallest absolute Gasteiger partial charge is 0.329 e. The topological polar surface area (TPSA) is 67.4 Å². The van der Waals surface area contributed by atoms with Crippen LogP contribution in [0, 0.1) is 6.92 Å². The number of hydrogen-bond donors (Lipinski definition) is 2. The summed E-state index contributed by atoms with van der Waals surface area (Å²) >= 11 is 1.77. The van der Waals surface area contributed by atoms with E-state index in [2.05, 4.69) is 41.4 Å². The monoisotopic (exact) mass is 298 g/mol. The summed E-state index contributed by atoms with van der Waals surface area (Å²) in [5, 5.41) is 5.83. The van der Waals surface area contributed by atoms with E-state index in [-0.39, 0.29) is 11.9 Å². The zero-order chi connectivity index (χ0) is 15.1. The average molecular weight is 298 g/mol. The van der Waals surface area contributed by atoms with Crippen LogP contribution in [0.1, 0.15) is 23.6 Å². The van der Waals surface area contributed by atoms with Gasteiger partial charge in [-0.2, -0.15) is 0 Å². The first-order valence-corrected chi connectivity index (χ1v) is 7.37. The van der Waals surface area contributed by atoms with Gasteiger partial charge in [0, 0.05) is 29.3 Å². The van der Waals surface area contributed by atoms with Crippen molar-refractivity contribution in [1.82, 2.24) is 10.6 Å². The van der Waals surface area contributed by atoms with Crippen LogP contribution in [0.25, 0.3) is 0 Å². The van der Waals surface area contributed by atoms with Crippen molar-refractivity contribution in [2.24, 2.45) is 0 Å². The number of methoxy groups -OCH3 is 1. The van der Waals surface area contributed by atoms with Crippen LogP contribution in [0.15, 0.2) is 12.1 Å². The number of aryl methyl sites for hydroxylation is 1. The van der Waals surface area contributed by atoms with E-state index in [4.69, 9.17) is 0 Å². The fraction of sp³-hybridized carbons (Fsp3) is 0.571. The highest BCUT2D eigenvalue weighted by Gasteiger charge is 2.20. The van der Waals surface area contributed by atoms with Gasteiger partial charge in [-0.25, -0.2) is 4.79 Å². The van der Waals surface area contributed by atoms with Crippen LogP contribution in [0.4, 0.5) is 0 Å². The highest BCUT2D eigenvalue weighted by molar-refractivity contribution is 7.11. The summed E-state index contributed by atoms with van der Waals surface area (Å²) in [6.45, 7) is 5.87. The number of thiophene rings is 1. The van der Waals surface area contributed by atoms with Crippen LogP contribution in [0.5, 0.6) is 0 Å². The highest BCUT2D eigenvalue weighted by atomic mass is 32.1. The molecule has 112 valence electrons. The van der Waals surface area contributed by atoms with Gasteiger partial charge in [0.1, 0.15) is 6.04 Å². The average Bonchev–Trinajstić information content (AvgIpc) is 2.78. The van der Waals surface area contributed by atoms with Crippen molar-refractivity contribution >= 4 is 23.2 Å². The second-order valence-electron chi connectivity index (χ2n) is 4.80. The number of nitrogens with one attached hydrogen (secondary N) is 2. The number of ether oxygens (including phenoxy) is 1. The number of rotatable bonds is 7. The summed E-state index contributed by atoms with van der Waals surface area (Å²) in [6, 6.07) is 3.78. The molecule has 0 bridgehead atoms. The standard InChI is InChI=1S/C14H22N2O3S/c1-9(7-12-6-5-10(2)20-12)15-8-13(14(18)19-4)16-11(3)17/h5-6,9,13,15H,7-8H2,1-4H3,(H,16,17). The van der Waals surface area contributed by atoms with Crippen LogP contribution in [-0.4, -0.2) is 37.6 Å². The van der Waals surface area contributed by atoms with E-state index < -0.39 is 12.0 Å². The Morgan fingerprint density at radius 2 is 2.10 bits per heavy atom. The number of carbonyl (C=O) groups excluding carboxylic acids is 2. The molecular formula is C14H22N2O3S. The van der Waals surface area contributed by atoms with Gasteiger partial charge in [0.05, 0.1) is 7.11 Å². The Morgan fingerprint density at radius 3 is 2.60 bits per heavy atom. The van der Waals surface area contributed by atoms with E-state index in [1.54, 1.807) is 11.3 Å². The largest absolute Gasteiger partial charge is 0.467 e. The molecule has 0 saturated carbocycles. The Labute approximate surface area is 123 Å². The van der Waals surface area contributed by atoms with Crippen LogP contribution < -0.4 is 10.6 Å². The zero-order valence-corrected chi connectivity index (χ0v) is 13.2. The van der Waals surface area contributed by atoms with Crippen molar-refractivity contribution in [3.63, 3.8) is 0 Å². The normalized spacial score (nSPS) is 13.6. The molecule has 5 nitrogen and oxygen atoms in total. The molecule has 1 aromatic heterocycles. The van der Waals surface area contributed by atoms with E-state index in [0.29, 0.717) is 6.54 Å². The third-order valence-corrected chi connectivity index (χ3v) is 3.86. The van der Waals surface area contributed by atoms with Crippen molar-refractivity contribution < 1.29 is 14.3 Å². The molecule has 2 unspecified atom stereocenters. The number of amides is 1. The van der Waals surface area contributed by atoms with Gasteiger partial charge in [0.2, 0.25) is 5.91 Å². The van der Waals surface area contributed by atoms with Crippen molar-refractivity contribution in [2.45, 2.75) is 39.3 Å². The summed E-state index contributed by atoms with van der Waals surface area (Å²) in [5.41, 5.74) is 0. The maximum absolute atomic E-state index is 11.5. The molecule has 2 N–H and O–H groups in total. The van der Waals surface area contributed by atoms with Crippen molar-refractivity contribution in [2.75, 3.05) is 13.7 Å². The molecular weight excluding hydrogens is 276 g/mol. The molecule has 1 aromatic rings. The van der Waals surface area contributed by atoms with Crippen LogP contribution >= 0.6 is 11.3 Å². The molecule has 2 atom stereocenters. The molecule has 0 spiro atoms. The number of carbonyl (C=O) groups is 2. The van der Waals surface area contributed by atoms with E-state index in [9.17, 15) is 9.59 Å². The molecule has 1 amide bonds. The summed E-state index contributed by atoms with van der Waals surface area (Å²) < 4.78 is 4.68. The molecule has 0 aliphatic carbocycles. The number of hydrogen-bond acceptors (Lipinski definition) is 5. The Bertz CT molecular complexity index is 459. The summed E-state index contributed by atoms with van der Waals surface area (Å²) in [6.07, 6.45) is 0.895. The van der Waals surface area contributed by atoms with Gasteiger partial charge in [-0.3, -0.25) is 4.79 Å². The lowest BCUT2D eigenvalue weighted by molar-refractivity contribution is -0.144. The van der Waals surface area contributed by atoms with Crippen LogP contribution in [-0.2, 0) is 20.7 Å². The fourth-order valence-electron chi connectivity index (χ4n) is 1.87. The Balaban J connectivity index is 2.45. The minimum atomic E-state index is -0.648. The number of esters is 1. The molecule has 1 rings (SSSR count). The first kappa shape index (κ1) is 16.7. The summed E-state index contributed by atoms with van der Waals surface area (Å²) in [5.74, 6) is -0.685. The first-order chi connectivity index (χ1) is 9.42. The Kier molecular flexibility index (Phi) is 6.67. The molecule has 1 heterocycles. The predicted molar refractivity (Wildman–Crippen MR) is 79.8 cm³/mol. The van der Waals surface area contributed by atoms with E-state index in [0.717, 1.165) is 6.42 Å². The second-order valence-corrected chi connectivity index (χ2v) is 6.17. The molecule has 0 aliphatic heterocycles. The second kappa shape index (κ2) is 8.01. The lowest BCUT2D eigenvalue weighted by atomic mass is 10.2. The lowest BCUT2D eigenvalue weighted by Crippen LogP contribution is -2.49. The third-order valence-electron chi connectivity index (χ3n) is 2.84. The Morgan fingerprint density at radius 1 is 1.40 bits per heavy atom. The van der Waals surface area contributed by atoms with Crippen LogP contribution in [0.3, 0.4) is 0 Å². The predicted octanol–water partition coefficient (Wildman–Crippen LogP) is 1.25. The van der Waals surface area contributed by atoms with Gasteiger partial charge in [-0.05, 0) is 32.4 Å². The van der Waals surface area contributed by atoms with E-state index in [1.165, 1.54) is 23.8 Å². The fourth-order valence-corrected chi connectivity index (χ4v) is 2.89. The summed E-state index contributed by atoms with van der Waals surface area (Å²) in [4.78, 5) is 25.2. The van der Waals surface area contributed by atoms with Gasteiger partial charge in [-0.1, -0.05) is 0 Å². The third kappa shape index (κ3) is 5.71. The zero-order valence-electron chi connectivity index (χ0n) is 12.4. The SMILES string of the molecule is COC(=O)C(CNC(C)Cc1ccc(C)s1)NC(C)=O. The highest BCUT2D eigenvalue weighted by Crippen LogP contribution is 2.16. The minimum absolute atomic E-state index is 0.217. The van der Waals surface area contributed by atoms with Gasteiger partial charge < -0.3 is 15.4 Å². The van der Waals surface area contributed by atoms with Crippen molar-refractivity contribution in [3.05, 3.63) is 21.9 Å². The Hall–Kier alpha value is -1.40. The van der Waals surface area contributed by atoms with Gasteiger partial charge in [0.15, 0.2) is 0 Å². The van der Waals surface area contributed by atoms with Gasteiger partial charge in [0.25, 0.3) is 0 Å². The van der Waals surface area contributed by atoms with Crippen molar-refractivity contribution in [1.29, 1.82) is 0 Å². The molecule has 0 fully saturated rings. The van der Waals surface area contributed by atoms with Crippen LogP contribution in [0.2, 0.25) is 0 Å². The van der Waals surface area contributed by atoms with E-state index in [1.807, 2.05) is 0 Å². The quantitative estimate of drug-likeness (QED) is 0.744. The molecule has 0 aliphatic rings. The minimum Gasteiger partial charge on any atom is -0.467 e. The maximum atomic E-state index is 11.5. The molecule has 0 saturated heterocycles. The molecule has 0 radical (unpaired) electrons. The maximum Gasteiger partial charge on any atom is 0.329 e. The van der Waals surface area contributed by atoms with E-state index >= 15 is 0 Å².